The second kappa shape index (κ2) is 6.85. The van der Waals surface area contributed by atoms with E-state index < -0.39 is 0 Å². The molecular formula is C15H21N5O2. The molecule has 118 valence electrons. The van der Waals surface area contributed by atoms with Gasteiger partial charge in [-0.2, -0.15) is 0 Å². The Labute approximate surface area is 129 Å². The van der Waals surface area contributed by atoms with Gasteiger partial charge in [-0.3, -0.25) is 9.69 Å². The van der Waals surface area contributed by atoms with Gasteiger partial charge in [0, 0.05) is 45.5 Å². The minimum Gasteiger partial charge on any atom is -0.351 e. The van der Waals surface area contributed by atoms with Crippen molar-refractivity contribution >= 4 is 17.0 Å². The predicted molar refractivity (Wildman–Crippen MR) is 82.8 cm³/mol. The molecule has 0 spiro atoms. The molecular weight excluding hydrogens is 282 g/mol. The maximum atomic E-state index is 12.2. The molecule has 1 fully saturated rings. The first-order valence-electron chi connectivity index (χ1n) is 7.73. The number of piperazine rings is 1. The maximum Gasteiger partial charge on any atom is 0.257 e. The fraction of sp³-hybridized carbons (Fsp3) is 0.533. The number of aryl methyl sites for hydroxylation is 1. The van der Waals surface area contributed by atoms with Crippen LogP contribution in [-0.2, 0) is 6.42 Å². The number of carbonyl (C=O) groups is 1. The lowest BCUT2D eigenvalue weighted by molar-refractivity contribution is 0.0947. The van der Waals surface area contributed by atoms with Gasteiger partial charge in [-0.05, 0) is 12.5 Å². The van der Waals surface area contributed by atoms with E-state index in [-0.39, 0.29) is 5.91 Å². The number of rotatable bonds is 5. The molecule has 7 heteroatoms. The molecule has 3 rings (SSSR count). The van der Waals surface area contributed by atoms with Gasteiger partial charge < -0.3 is 15.2 Å². The molecule has 0 bridgehead atoms. The van der Waals surface area contributed by atoms with E-state index in [1.807, 2.05) is 6.92 Å². The van der Waals surface area contributed by atoms with Gasteiger partial charge in [0.1, 0.15) is 0 Å². The van der Waals surface area contributed by atoms with Crippen molar-refractivity contribution in [3.05, 3.63) is 23.5 Å². The van der Waals surface area contributed by atoms with Crippen molar-refractivity contribution in [2.45, 2.75) is 13.3 Å². The lowest BCUT2D eigenvalue weighted by Gasteiger charge is -2.27. The highest BCUT2D eigenvalue weighted by atomic mass is 16.5. The smallest absolute Gasteiger partial charge is 0.257 e. The fourth-order valence-corrected chi connectivity index (χ4v) is 2.62. The van der Waals surface area contributed by atoms with Crippen LogP contribution in [-0.4, -0.2) is 60.2 Å². The van der Waals surface area contributed by atoms with Gasteiger partial charge >= 0.3 is 0 Å². The Morgan fingerprint density at radius 3 is 3.05 bits per heavy atom. The highest BCUT2D eigenvalue weighted by Gasteiger charge is 2.13. The summed E-state index contributed by atoms with van der Waals surface area (Å²) in [4.78, 5) is 18.7. The number of hydrogen-bond acceptors (Lipinski definition) is 6. The van der Waals surface area contributed by atoms with E-state index in [1.54, 1.807) is 6.07 Å². The molecule has 1 amide bonds. The Morgan fingerprint density at radius 1 is 1.45 bits per heavy atom. The van der Waals surface area contributed by atoms with Crippen LogP contribution in [0, 0.1) is 0 Å². The zero-order valence-electron chi connectivity index (χ0n) is 12.8. The van der Waals surface area contributed by atoms with E-state index in [1.165, 1.54) is 6.20 Å². The molecule has 0 saturated carbocycles. The van der Waals surface area contributed by atoms with Gasteiger partial charge in [0.05, 0.1) is 16.6 Å². The standard InChI is InChI=1S/C15H21N5O2/c1-2-13-12-9-11(10-18-15(12)22-19-13)14(21)17-5-8-20-6-3-16-4-7-20/h9-10,16H,2-8H2,1H3,(H,17,21). The summed E-state index contributed by atoms with van der Waals surface area (Å²) in [5.74, 6) is -0.104. The van der Waals surface area contributed by atoms with Crippen molar-refractivity contribution < 1.29 is 9.32 Å². The zero-order chi connectivity index (χ0) is 15.4. The van der Waals surface area contributed by atoms with E-state index >= 15 is 0 Å². The number of nitrogens with one attached hydrogen (secondary N) is 2. The fourth-order valence-electron chi connectivity index (χ4n) is 2.62. The third kappa shape index (κ3) is 3.26. The Bertz CT molecular complexity index is 648. The number of hydrogen-bond donors (Lipinski definition) is 2. The highest BCUT2D eigenvalue weighted by molar-refractivity contribution is 5.96. The van der Waals surface area contributed by atoms with Crippen LogP contribution >= 0.6 is 0 Å². The predicted octanol–water partition coefficient (Wildman–Crippen LogP) is 0.420. The Balaban J connectivity index is 1.59. The van der Waals surface area contributed by atoms with Crippen molar-refractivity contribution in [1.29, 1.82) is 0 Å². The summed E-state index contributed by atoms with van der Waals surface area (Å²) in [5.41, 5.74) is 1.86. The molecule has 2 N–H and O–H groups in total. The normalized spacial score (nSPS) is 16.0. The molecule has 0 radical (unpaired) electrons. The number of aromatic nitrogens is 2. The summed E-state index contributed by atoms with van der Waals surface area (Å²) in [6, 6.07) is 1.80. The van der Waals surface area contributed by atoms with Crippen molar-refractivity contribution in [1.82, 2.24) is 25.7 Å². The average molecular weight is 303 g/mol. The quantitative estimate of drug-likeness (QED) is 0.833. The first-order valence-corrected chi connectivity index (χ1v) is 7.73. The summed E-state index contributed by atoms with van der Waals surface area (Å²) in [7, 11) is 0. The lowest BCUT2D eigenvalue weighted by Crippen LogP contribution is -2.46. The van der Waals surface area contributed by atoms with Gasteiger partial charge in [0.25, 0.3) is 11.6 Å². The van der Waals surface area contributed by atoms with Gasteiger partial charge in [0.2, 0.25) is 0 Å². The minimum atomic E-state index is -0.104. The molecule has 2 aromatic heterocycles. The Morgan fingerprint density at radius 2 is 2.27 bits per heavy atom. The Hall–Kier alpha value is -1.99. The van der Waals surface area contributed by atoms with Crippen LogP contribution in [0.3, 0.4) is 0 Å². The molecule has 1 aliphatic rings. The summed E-state index contributed by atoms with van der Waals surface area (Å²) >= 11 is 0. The van der Waals surface area contributed by atoms with Crippen LogP contribution in [0.1, 0.15) is 23.0 Å². The third-order valence-electron chi connectivity index (χ3n) is 3.92. The average Bonchev–Trinajstić information content (AvgIpc) is 2.98. The molecule has 0 aliphatic carbocycles. The van der Waals surface area contributed by atoms with Crippen LogP contribution in [0.4, 0.5) is 0 Å². The van der Waals surface area contributed by atoms with Crippen molar-refractivity contribution in [3.63, 3.8) is 0 Å². The van der Waals surface area contributed by atoms with E-state index in [4.69, 9.17) is 4.52 Å². The van der Waals surface area contributed by atoms with Crippen LogP contribution in [0.5, 0.6) is 0 Å². The molecule has 0 atom stereocenters. The number of amides is 1. The van der Waals surface area contributed by atoms with Crippen molar-refractivity contribution in [3.8, 4) is 0 Å². The molecule has 0 unspecified atom stereocenters. The minimum absolute atomic E-state index is 0.104. The summed E-state index contributed by atoms with van der Waals surface area (Å²) in [6.45, 7) is 7.60. The second-order valence-electron chi connectivity index (χ2n) is 5.41. The Kier molecular flexibility index (Phi) is 4.65. The molecule has 7 nitrogen and oxygen atoms in total. The first kappa shape index (κ1) is 14.9. The maximum absolute atomic E-state index is 12.2. The monoisotopic (exact) mass is 303 g/mol. The molecule has 1 saturated heterocycles. The topological polar surface area (TPSA) is 83.3 Å². The summed E-state index contributed by atoms with van der Waals surface area (Å²) in [5, 5.41) is 11.0. The van der Waals surface area contributed by atoms with Gasteiger partial charge in [-0.25, -0.2) is 4.98 Å². The van der Waals surface area contributed by atoms with Crippen LogP contribution in [0.25, 0.3) is 11.1 Å². The molecule has 1 aliphatic heterocycles. The molecule has 2 aromatic rings. The first-order chi connectivity index (χ1) is 10.8. The van der Waals surface area contributed by atoms with Crippen molar-refractivity contribution in [2.75, 3.05) is 39.3 Å². The van der Waals surface area contributed by atoms with Crippen LogP contribution in [0.2, 0.25) is 0 Å². The highest BCUT2D eigenvalue weighted by Crippen LogP contribution is 2.18. The number of carbonyl (C=O) groups excluding carboxylic acids is 1. The van der Waals surface area contributed by atoms with Gasteiger partial charge in [0.15, 0.2) is 0 Å². The van der Waals surface area contributed by atoms with Crippen LogP contribution in [0.15, 0.2) is 16.8 Å². The lowest BCUT2D eigenvalue weighted by atomic mass is 10.1. The number of pyridine rings is 1. The SMILES string of the molecule is CCc1noc2ncc(C(=O)NCCN3CCNCC3)cc12. The van der Waals surface area contributed by atoms with E-state index in [2.05, 4.69) is 25.7 Å². The van der Waals surface area contributed by atoms with Crippen LogP contribution < -0.4 is 10.6 Å². The van der Waals surface area contributed by atoms with Crippen molar-refractivity contribution in [2.24, 2.45) is 0 Å². The summed E-state index contributed by atoms with van der Waals surface area (Å²) in [6.07, 6.45) is 2.29. The largest absolute Gasteiger partial charge is 0.351 e. The van der Waals surface area contributed by atoms with E-state index in [0.717, 1.165) is 50.2 Å². The van der Waals surface area contributed by atoms with E-state index in [9.17, 15) is 4.79 Å². The third-order valence-corrected chi connectivity index (χ3v) is 3.92. The van der Waals surface area contributed by atoms with E-state index in [0.29, 0.717) is 17.8 Å². The number of fused-ring (bicyclic) bond motifs is 1. The summed E-state index contributed by atoms with van der Waals surface area (Å²) < 4.78 is 5.13. The zero-order valence-corrected chi connectivity index (χ0v) is 12.8. The second-order valence-corrected chi connectivity index (χ2v) is 5.41. The van der Waals surface area contributed by atoms with Gasteiger partial charge in [-0.15, -0.1) is 0 Å². The van der Waals surface area contributed by atoms with Gasteiger partial charge in [-0.1, -0.05) is 12.1 Å². The number of nitrogens with zero attached hydrogens (tertiary/aromatic N) is 3. The molecule has 0 aromatic carbocycles. The molecule has 22 heavy (non-hydrogen) atoms. The molecule has 3 heterocycles.